The lowest BCUT2D eigenvalue weighted by atomic mass is 9.51. The molecule has 3 bridgehead atoms. The Hall–Kier alpha value is -1.44. The van der Waals surface area contributed by atoms with Crippen LogP contribution in [0.25, 0.3) is 0 Å². The molecule has 262 valence electrons. The molecule has 4 unspecified atom stereocenters. The summed E-state index contributed by atoms with van der Waals surface area (Å²) in [5.41, 5.74) is 1.18. The Bertz CT molecular complexity index is 1250. The van der Waals surface area contributed by atoms with Crippen molar-refractivity contribution < 1.29 is 47.9 Å². The van der Waals surface area contributed by atoms with Crippen LogP contribution in [0.4, 0.5) is 0 Å². The van der Waals surface area contributed by atoms with E-state index < -0.39 is 17.7 Å². The highest BCUT2D eigenvalue weighted by Gasteiger charge is 2.86. The van der Waals surface area contributed by atoms with Crippen LogP contribution in [0, 0.1) is 17.8 Å². The molecule has 1 saturated carbocycles. The Morgan fingerprint density at radius 3 is 2.62 bits per heavy atom. The van der Waals surface area contributed by atoms with Crippen LogP contribution >= 0.6 is 0 Å². The quantitative estimate of drug-likeness (QED) is 0.284. The molecule has 16 atom stereocenters. The molecule has 1 amide bonds. The highest BCUT2D eigenvalue weighted by molar-refractivity contribution is 5.79. The first-order chi connectivity index (χ1) is 22.6. The molecule has 8 heterocycles. The maximum atomic E-state index is 13.4. The number of carbonyl (C=O) groups excluding carboxylic acids is 2. The van der Waals surface area contributed by atoms with E-state index in [9.17, 15) is 14.7 Å². The zero-order valence-corrected chi connectivity index (χ0v) is 28.1. The second kappa shape index (κ2) is 12.4. The molecule has 1 spiro atoms. The first-order valence-corrected chi connectivity index (χ1v) is 18.4. The zero-order chi connectivity index (χ0) is 32.7. The lowest BCUT2D eigenvalue weighted by Crippen LogP contribution is -2.93. The van der Waals surface area contributed by atoms with Crippen LogP contribution in [0.2, 0.25) is 0 Å². The summed E-state index contributed by atoms with van der Waals surface area (Å²) in [4.78, 5) is 24.9. The van der Waals surface area contributed by atoms with E-state index in [0.29, 0.717) is 32.1 Å². The molecule has 9 rings (SSSR count). The van der Waals surface area contributed by atoms with Gasteiger partial charge in [0.25, 0.3) is 0 Å². The molecule has 11 heteroatoms. The lowest BCUT2D eigenvalue weighted by molar-refractivity contribution is -0.620. The fourth-order valence-electron chi connectivity index (χ4n) is 10.3. The van der Waals surface area contributed by atoms with E-state index in [4.69, 9.17) is 33.2 Å². The van der Waals surface area contributed by atoms with Crippen molar-refractivity contribution in [3.05, 3.63) is 12.2 Å². The summed E-state index contributed by atoms with van der Waals surface area (Å²) in [7, 11) is 0. The molecule has 11 nitrogen and oxygen atoms in total. The van der Waals surface area contributed by atoms with Crippen LogP contribution < -0.4 is 5.32 Å². The minimum absolute atomic E-state index is 0.0149. The van der Waals surface area contributed by atoms with Crippen LogP contribution in [0.1, 0.15) is 97.8 Å². The van der Waals surface area contributed by atoms with Crippen molar-refractivity contribution in [2.45, 2.75) is 177 Å². The van der Waals surface area contributed by atoms with Gasteiger partial charge in [0.15, 0.2) is 11.6 Å². The number of ketones is 1. The predicted octanol–water partition coefficient (Wildman–Crippen LogP) is 3.48. The van der Waals surface area contributed by atoms with Gasteiger partial charge in [-0.3, -0.25) is 9.59 Å². The van der Waals surface area contributed by atoms with Gasteiger partial charge in [0.05, 0.1) is 66.8 Å². The largest absolute Gasteiger partial charge is 0.391 e. The molecule has 2 N–H and O–H groups in total. The summed E-state index contributed by atoms with van der Waals surface area (Å²) in [5.74, 6) is -0.904. The number of ether oxygens (including phenoxy) is 7. The van der Waals surface area contributed by atoms with Crippen LogP contribution in [-0.2, 0) is 42.7 Å². The first kappa shape index (κ1) is 32.7. The molecule has 0 radical (unpaired) electrons. The average molecular weight is 660 g/mol. The number of hydrogen-bond acceptors (Lipinski definition) is 10. The van der Waals surface area contributed by atoms with E-state index in [-0.39, 0.29) is 97.0 Å². The number of amides is 1. The summed E-state index contributed by atoms with van der Waals surface area (Å²) in [6.07, 6.45) is 7.01. The van der Waals surface area contributed by atoms with Gasteiger partial charge in [0.2, 0.25) is 5.91 Å². The van der Waals surface area contributed by atoms with E-state index in [1.54, 1.807) is 6.92 Å². The maximum Gasteiger partial charge on any atom is 0.219 e. The molecule has 8 aliphatic heterocycles. The van der Waals surface area contributed by atoms with Gasteiger partial charge in [-0.25, -0.2) is 0 Å². The highest BCUT2D eigenvalue weighted by Crippen LogP contribution is 2.72. The van der Waals surface area contributed by atoms with Crippen LogP contribution in [-0.4, -0.2) is 102 Å². The van der Waals surface area contributed by atoms with E-state index in [1.807, 2.05) is 6.92 Å². The van der Waals surface area contributed by atoms with Gasteiger partial charge < -0.3 is 43.6 Å². The number of carbonyl (C=O) groups is 2. The summed E-state index contributed by atoms with van der Waals surface area (Å²) < 4.78 is 46.0. The first-order valence-electron chi connectivity index (χ1n) is 18.4. The minimum atomic E-state index is -0.709. The normalized spacial score (nSPS) is 49.4. The standard InChI is InChI=1S/C36H53NO10/c1-5-26-18(3)11-24(42-26)9-10-35-16-28-30-33-31(36(30,45-28)47-35)34(46-35)32-27(44-33)8-7-23(43-32)14-21(38)12-20-13-25(41-19(20)4)15-22(39)17-37-29(40)6-2/h19-20,22-28,30-34,39H,3,5-17H2,1-2,4H3,(H,37,40)/t19-,20+,22-,23+,24-,25-,26-,27-,28?,30-,31?,32-,33?,34+,35+,36?/m0/s1. The van der Waals surface area contributed by atoms with Gasteiger partial charge in [0, 0.05) is 45.1 Å². The van der Waals surface area contributed by atoms with E-state index in [2.05, 4.69) is 18.8 Å². The summed E-state index contributed by atoms with van der Waals surface area (Å²) in [5, 5.41) is 13.1. The molecule has 1 aliphatic carbocycles. The molecule has 0 aromatic rings. The molecule has 47 heavy (non-hydrogen) atoms. The number of fused-ring (bicyclic) bond motifs is 2. The second-order valence-electron chi connectivity index (χ2n) is 15.7. The van der Waals surface area contributed by atoms with Gasteiger partial charge in [-0.1, -0.05) is 20.4 Å². The number of hydrogen-bond donors (Lipinski definition) is 2. The van der Waals surface area contributed by atoms with Crippen molar-refractivity contribution >= 4 is 11.7 Å². The monoisotopic (exact) mass is 659 g/mol. The molecule has 8 saturated heterocycles. The average Bonchev–Trinajstić information content (AvgIpc) is 3.57. The molecule has 9 aliphatic rings. The van der Waals surface area contributed by atoms with Crippen molar-refractivity contribution in [2.75, 3.05) is 6.54 Å². The Morgan fingerprint density at radius 2 is 1.83 bits per heavy atom. The Morgan fingerprint density at radius 1 is 0.979 bits per heavy atom. The van der Waals surface area contributed by atoms with Crippen LogP contribution in [0.5, 0.6) is 0 Å². The third kappa shape index (κ3) is 5.65. The van der Waals surface area contributed by atoms with Crippen molar-refractivity contribution in [1.29, 1.82) is 0 Å². The molecule has 0 aromatic heterocycles. The number of nitrogens with one attached hydrogen (secondary N) is 1. The zero-order valence-electron chi connectivity index (χ0n) is 28.1. The van der Waals surface area contributed by atoms with Gasteiger partial charge in [0.1, 0.15) is 18.0 Å². The van der Waals surface area contributed by atoms with E-state index >= 15 is 0 Å². The van der Waals surface area contributed by atoms with E-state index in [0.717, 1.165) is 44.9 Å². The molecule has 0 aromatic carbocycles. The summed E-state index contributed by atoms with van der Waals surface area (Å²) in [6, 6.07) is 0. The van der Waals surface area contributed by atoms with Crippen molar-refractivity contribution in [2.24, 2.45) is 17.8 Å². The summed E-state index contributed by atoms with van der Waals surface area (Å²) in [6.45, 7) is 10.4. The number of aliphatic hydroxyl groups excluding tert-OH is 1. The Labute approximate surface area is 277 Å². The fourth-order valence-corrected chi connectivity index (χ4v) is 10.3. The van der Waals surface area contributed by atoms with Gasteiger partial charge in [-0.15, -0.1) is 0 Å². The number of rotatable bonds is 13. The van der Waals surface area contributed by atoms with E-state index in [1.165, 1.54) is 5.57 Å². The molecule has 9 fully saturated rings. The van der Waals surface area contributed by atoms with Gasteiger partial charge in [-0.05, 0) is 56.9 Å². The SMILES string of the molecule is C=C1C[C@H](CC[C@]23CC4OC5(O2)C2C(O[C@H]6CC[C@H](CC(=O)C[C@@H]7C[C@@H](C[C@H](O)CNC(=O)CC)O[C@H]7C)O[C@@H]6[C@@H]2O3)[C@H]45)O[C@H]1CC. The fraction of sp³-hybridized carbons (Fsp3) is 0.889. The smallest absolute Gasteiger partial charge is 0.219 e. The third-order valence-corrected chi connectivity index (χ3v) is 12.6. The van der Waals surface area contributed by atoms with Crippen molar-refractivity contribution in [3.8, 4) is 0 Å². The maximum absolute atomic E-state index is 13.4. The molecular weight excluding hydrogens is 606 g/mol. The van der Waals surface area contributed by atoms with Crippen molar-refractivity contribution in [3.63, 3.8) is 0 Å². The minimum Gasteiger partial charge on any atom is -0.391 e. The topological polar surface area (TPSA) is 131 Å². The van der Waals surface area contributed by atoms with Crippen molar-refractivity contribution in [1.82, 2.24) is 5.32 Å². The number of aliphatic hydroxyl groups is 1. The van der Waals surface area contributed by atoms with Gasteiger partial charge in [-0.2, -0.15) is 0 Å². The molecular formula is C36H53NO10. The van der Waals surface area contributed by atoms with Gasteiger partial charge >= 0.3 is 0 Å². The Kier molecular flexibility index (Phi) is 8.64. The van der Waals surface area contributed by atoms with Crippen LogP contribution in [0.3, 0.4) is 0 Å². The highest BCUT2D eigenvalue weighted by atomic mass is 16.8. The Balaban J connectivity index is 0.866. The van der Waals surface area contributed by atoms with Crippen LogP contribution in [0.15, 0.2) is 12.2 Å². The summed E-state index contributed by atoms with van der Waals surface area (Å²) >= 11 is 0. The number of Topliss-reactive ketones (excluding diaryl/α,β-unsaturated/α-hetero) is 1. The third-order valence-electron chi connectivity index (χ3n) is 12.6. The predicted molar refractivity (Wildman–Crippen MR) is 167 cm³/mol. The second-order valence-corrected chi connectivity index (χ2v) is 15.7. The lowest BCUT2D eigenvalue weighted by Gasteiger charge is -2.80.